The number of alkyl halides is 1. The Morgan fingerprint density at radius 3 is 2.94 bits per heavy atom. The summed E-state index contributed by atoms with van der Waals surface area (Å²) in [7, 11) is 0. The number of likely N-dealkylation sites (tertiary alicyclic amines) is 1. The largest absolute Gasteiger partial charge is 0.480 e. The van der Waals surface area contributed by atoms with E-state index in [1.54, 1.807) is 12.1 Å². The minimum Gasteiger partial charge on any atom is -0.480 e. The third kappa shape index (κ3) is 2.67. The topological polar surface area (TPSA) is 70.8 Å². The van der Waals surface area contributed by atoms with Gasteiger partial charge in [-0.15, -0.1) is 11.6 Å². The van der Waals surface area contributed by atoms with E-state index in [9.17, 15) is 14.7 Å². The molecule has 1 aromatic heterocycles. The van der Waals surface area contributed by atoms with Crippen LogP contribution in [0.1, 0.15) is 12.2 Å². The van der Waals surface area contributed by atoms with Crippen LogP contribution < -0.4 is 0 Å². The predicted molar refractivity (Wildman–Crippen MR) is 64.4 cm³/mol. The highest BCUT2D eigenvalue weighted by atomic mass is 35.5. The fourth-order valence-corrected chi connectivity index (χ4v) is 2.37. The zero-order valence-electron chi connectivity index (χ0n) is 9.71. The Kier molecular flexibility index (Phi) is 3.91. The van der Waals surface area contributed by atoms with Crippen molar-refractivity contribution in [2.75, 3.05) is 12.4 Å². The van der Waals surface area contributed by atoms with Crippen LogP contribution in [0.5, 0.6) is 0 Å². The lowest BCUT2D eigenvalue weighted by atomic mass is 10.1. The lowest BCUT2D eigenvalue weighted by molar-refractivity contribution is -0.148. The number of furan rings is 1. The predicted octanol–water partition coefficient (Wildman–Crippen LogP) is 1.36. The van der Waals surface area contributed by atoms with E-state index in [0.717, 1.165) is 0 Å². The molecule has 0 radical (unpaired) electrons. The molecule has 0 aromatic carbocycles. The molecule has 0 saturated carbocycles. The quantitative estimate of drug-likeness (QED) is 0.821. The Labute approximate surface area is 109 Å². The Bertz CT molecular complexity index is 431. The van der Waals surface area contributed by atoms with Gasteiger partial charge in [0.2, 0.25) is 5.91 Å². The summed E-state index contributed by atoms with van der Waals surface area (Å²) in [5, 5.41) is 9.24. The maximum absolute atomic E-state index is 11.8. The van der Waals surface area contributed by atoms with Crippen LogP contribution in [0.15, 0.2) is 22.8 Å². The van der Waals surface area contributed by atoms with Gasteiger partial charge in [-0.1, -0.05) is 0 Å². The van der Waals surface area contributed by atoms with Gasteiger partial charge in [-0.05, 0) is 18.1 Å². The summed E-state index contributed by atoms with van der Waals surface area (Å²) < 4.78 is 5.13. The van der Waals surface area contributed by atoms with E-state index in [2.05, 4.69) is 0 Å². The molecule has 1 fully saturated rings. The molecule has 1 aromatic rings. The number of rotatable bonds is 5. The number of hydrogen-bond acceptors (Lipinski definition) is 3. The highest BCUT2D eigenvalue weighted by molar-refractivity contribution is 6.18. The van der Waals surface area contributed by atoms with Crippen LogP contribution in [0.4, 0.5) is 0 Å². The third-order valence-corrected chi connectivity index (χ3v) is 3.53. The molecule has 0 bridgehead atoms. The Morgan fingerprint density at radius 1 is 1.67 bits per heavy atom. The number of nitrogens with zero attached hydrogens (tertiary/aromatic N) is 1. The van der Waals surface area contributed by atoms with Crippen LogP contribution in [0.2, 0.25) is 0 Å². The lowest BCUT2D eigenvalue weighted by Crippen LogP contribution is -2.43. The van der Waals surface area contributed by atoms with Gasteiger partial charge >= 0.3 is 5.97 Å². The molecule has 2 unspecified atom stereocenters. The molecule has 2 rings (SSSR count). The fourth-order valence-electron chi connectivity index (χ4n) is 2.16. The fraction of sp³-hybridized carbons (Fsp3) is 0.500. The van der Waals surface area contributed by atoms with Crippen molar-refractivity contribution in [3.8, 4) is 0 Å². The second kappa shape index (κ2) is 5.44. The molecule has 5 nitrogen and oxygen atoms in total. The average Bonchev–Trinajstić information content (AvgIpc) is 2.95. The molecule has 18 heavy (non-hydrogen) atoms. The number of carbonyl (C=O) groups excluding carboxylic acids is 1. The lowest BCUT2D eigenvalue weighted by Gasteiger charge is -2.23. The summed E-state index contributed by atoms with van der Waals surface area (Å²) in [4.78, 5) is 24.5. The molecule has 1 aliphatic rings. The molecule has 2 atom stereocenters. The number of halogens is 1. The van der Waals surface area contributed by atoms with Gasteiger partial charge in [0, 0.05) is 25.3 Å². The second-order valence-electron chi connectivity index (χ2n) is 4.41. The zero-order chi connectivity index (χ0) is 13.1. The van der Waals surface area contributed by atoms with Crippen molar-refractivity contribution >= 4 is 23.5 Å². The molecule has 0 aliphatic carbocycles. The Hall–Kier alpha value is -1.49. The number of amides is 1. The van der Waals surface area contributed by atoms with Gasteiger partial charge in [-0.2, -0.15) is 0 Å². The van der Waals surface area contributed by atoms with Crippen molar-refractivity contribution in [1.29, 1.82) is 0 Å². The average molecular weight is 272 g/mol. The molecule has 98 valence electrons. The number of hydrogen-bond donors (Lipinski definition) is 1. The van der Waals surface area contributed by atoms with Crippen LogP contribution >= 0.6 is 11.6 Å². The first-order valence-corrected chi connectivity index (χ1v) is 6.26. The van der Waals surface area contributed by atoms with Gasteiger partial charge in [0.15, 0.2) is 0 Å². The van der Waals surface area contributed by atoms with Gasteiger partial charge in [-0.3, -0.25) is 4.79 Å². The van der Waals surface area contributed by atoms with Crippen LogP contribution in [0.25, 0.3) is 0 Å². The van der Waals surface area contributed by atoms with Gasteiger partial charge in [-0.25, -0.2) is 4.79 Å². The first-order valence-electron chi connectivity index (χ1n) is 5.72. The Morgan fingerprint density at radius 2 is 2.44 bits per heavy atom. The van der Waals surface area contributed by atoms with Crippen molar-refractivity contribution in [2.45, 2.75) is 18.9 Å². The standard InChI is InChI=1S/C12H14ClNO4/c13-6-8-4-11(15)14(7-8)10(12(16)17)5-9-2-1-3-18-9/h1-3,8,10H,4-7H2,(H,16,17). The van der Waals surface area contributed by atoms with Gasteiger partial charge in [0.25, 0.3) is 0 Å². The maximum atomic E-state index is 11.8. The number of carboxylic acid groups (broad SMARTS) is 1. The van der Waals surface area contributed by atoms with E-state index in [1.165, 1.54) is 11.2 Å². The van der Waals surface area contributed by atoms with E-state index in [4.69, 9.17) is 16.0 Å². The zero-order valence-corrected chi connectivity index (χ0v) is 10.5. The van der Waals surface area contributed by atoms with Gasteiger partial charge in [0.05, 0.1) is 6.26 Å². The van der Waals surface area contributed by atoms with Crippen LogP contribution in [-0.2, 0) is 16.0 Å². The molecule has 0 spiro atoms. The number of aliphatic carboxylic acids is 1. The van der Waals surface area contributed by atoms with Crippen molar-refractivity contribution < 1.29 is 19.1 Å². The number of carboxylic acids is 1. The van der Waals surface area contributed by atoms with Crippen molar-refractivity contribution in [3.63, 3.8) is 0 Å². The summed E-state index contributed by atoms with van der Waals surface area (Å²) in [6.45, 7) is 0.403. The van der Waals surface area contributed by atoms with Gasteiger partial charge < -0.3 is 14.4 Å². The van der Waals surface area contributed by atoms with Crippen LogP contribution in [-0.4, -0.2) is 40.3 Å². The molecular weight excluding hydrogens is 258 g/mol. The normalized spacial score (nSPS) is 21.3. The summed E-state index contributed by atoms with van der Waals surface area (Å²) >= 11 is 5.72. The third-order valence-electron chi connectivity index (χ3n) is 3.09. The maximum Gasteiger partial charge on any atom is 0.326 e. The van der Waals surface area contributed by atoms with E-state index in [0.29, 0.717) is 24.6 Å². The van der Waals surface area contributed by atoms with Crippen molar-refractivity contribution in [2.24, 2.45) is 5.92 Å². The summed E-state index contributed by atoms with van der Waals surface area (Å²) in [5.41, 5.74) is 0. The SMILES string of the molecule is O=C(O)C(Cc1ccco1)N1CC(CCl)CC1=O. The van der Waals surface area contributed by atoms with Crippen molar-refractivity contribution in [1.82, 2.24) is 4.90 Å². The summed E-state index contributed by atoms with van der Waals surface area (Å²) in [6, 6.07) is 2.52. The highest BCUT2D eigenvalue weighted by Crippen LogP contribution is 2.23. The van der Waals surface area contributed by atoms with Crippen LogP contribution in [0, 0.1) is 5.92 Å². The van der Waals surface area contributed by atoms with Crippen molar-refractivity contribution in [3.05, 3.63) is 24.2 Å². The molecule has 1 saturated heterocycles. The molecule has 6 heteroatoms. The van der Waals surface area contributed by atoms with E-state index < -0.39 is 12.0 Å². The van der Waals surface area contributed by atoms with E-state index in [-0.39, 0.29) is 18.2 Å². The molecule has 1 N–H and O–H groups in total. The first-order chi connectivity index (χ1) is 8.61. The Balaban J connectivity index is 2.11. The number of carbonyl (C=O) groups is 2. The molecular formula is C12H14ClNO4. The second-order valence-corrected chi connectivity index (χ2v) is 4.72. The monoisotopic (exact) mass is 271 g/mol. The van der Waals surface area contributed by atoms with E-state index in [1.807, 2.05) is 0 Å². The molecule has 2 heterocycles. The highest BCUT2D eigenvalue weighted by Gasteiger charge is 2.37. The van der Waals surface area contributed by atoms with E-state index >= 15 is 0 Å². The summed E-state index contributed by atoms with van der Waals surface area (Å²) in [5.74, 6) is -0.202. The molecule has 1 aliphatic heterocycles. The summed E-state index contributed by atoms with van der Waals surface area (Å²) in [6.07, 6.45) is 2.00. The first kappa shape index (κ1) is 13.0. The minimum atomic E-state index is -1.02. The molecule has 1 amide bonds. The smallest absolute Gasteiger partial charge is 0.326 e. The van der Waals surface area contributed by atoms with Crippen LogP contribution in [0.3, 0.4) is 0 Å². The van der Waals surface area contributed by atoms with Gasteiger partial charge in [0.1, 0.15) is 11.8 Å². The minimum absolute atomic E-state index is 0.0395.